The highest BCUT2D eigenvalue weighted by molar-refractivity contribution is 7.89. The summed E-state index contributed by atoms with van der Waals surface area (Å²) >= 11 is 0. The first-order chi connectivity index (χ1) is 7.93. The lowest BCUT2D eigenvalue weighted by molar-refractivity contribution is 0.468. The summed E-state index contributed by atoms with van der Waals surface area (Å²) in [5.74, 6) is -1.76. The van der Waals surface area contributed by atoms with Gasteiger partial charge in [-0.3, -0.25) is 0 Å². The maximum absolute atomic E-state index is 13.5. The number of benzene rings is 1. The Bertz CT molecular complexity index is 537. The second-order valence-corrected chi connectivity index (χ2v) is 6.05. The van der Waals surface area contributed by atoms with E-state index in [0.29, 0.717) is 19.2 Å². The van der Waals surface area contributed by atoms with Gasteiger partial charge in [-0.1, -0.05) is 0 Å². The van der Waals surface area contributed by atoms with Gasteiger partial charge in [0.15, 0.2) is 0 Å². The molecule has 1 aliphatic heterocycles. The molecule has 6 heteroatoms. The van der Waals surface area contributed by atoms with Crippen LogP contribution in [0, 0.1) is 18.6 Å². The number of nitrogens with zero attached hydrogens (tertiary/aromatic N) is 1. The Morgan fingerprint density at radius 3 is 2.29 bits per heavy atom. The standard InChI is InChI=1S/C11H13F2NO2S/c1-8-6-11(10(13)7-9(8)12)17(15,16)14-4-2-3-5-14/h6-7H,2-5H2,1H3. The molecule has 17 heavy (non-hydrogen) atoms. The molecule has 1 heterocycles. The maximum atomic E-state index is 13.5. The van der Waals surface area contributed by atoms with Gasteiger partial charge in [-0.15, -0.1) is 0 Å². The smallest absolute Gasteiger partial charge is 0.207 e. The quantitative estimate of drug-likeness (QED) is 0.817. The fraction of sp³-hybridized carbons (Fsp3) is 0.455. The van der Waals surface area contributed by atoms with E-state index in [1.54, 1.807) is 0 Å². The second kappa shape index (κ2) is 4.34. The summed E-state index contributed by atoms with van der Waals surface area (Å²) in [4.78, 5) is -0.432. The lowest BCUT2D eigenvalue weighted by Crippen LogP contribution is -2.28. The van der Waals surface area contributed by atoms with E-state index >= 15 is 0 Å². The third-order valence-corrected chi connectivity index (χ3v) is 4.81. The molecule has 1 aromatic rings. The summed E-state index contributed by atoms with van der Waals surface area (Å²) in [6.07, 6.45) is 1.56. The molecule has 0 saturated carbocycles. The molecule has 0 bridgehead atoms. The molecule has 0 spiro atoms. The van der Waals surface area contributed by atoms with Gasteiger partial charge < -0.3 is 0 Å². The molecule has 0 aliphatic carbocycles. The molecule has 1 aliphatic rings. The van der Waals surface area contributed by atoms with Crippen LogP contribution in [0.4, 0.5) is 8.78 Å². The Morgan fingerprint density at radius 2 is 1.71 bits per heavy atom. The van der Waals surface area contributed by atoms with Gasteiger partial charge in [0.25, 0.3) is 0 Å². The van der Waals surface area contributed by atoms with Crippen molar-refractivity contribution in [1.29, 1.82) is 0 Å². The first kappa shape index (κ1) is 12.4. The maximum Gasteiger partial charge on any atom is 0.245 e. The van der Waals surface area contributed by atoms with E-state index in [9.17, 15) is 17.2 Å². The van der Waals surface area contributed by atoms with Crippen LogP contribution in [-0.4, -0.2) is 25.8 Å². The number of aryl methyl sites for hydroxylation is 1. The number of hydrogen-bond donors (Lipinski definition) is 0. The van der Waals surface area contributed by atoms with E-state index in [2.05, 4.69) is 0 Å². The average molecular weight is 261 g/mol. The Labute approximate surface area is 99.1 Å². The fourth-order valence-electron chi connectivity index (χ4n) is 1.90. The van der Waals surface area contributed by atoms with Gasteiger partial charge in [-0.25, -0.2) is 17.2 Å². The van der Waals surface area contributed by atoms with E-state index < -0.39 is 26.6 Å². The Kier molecular flexibility index (Phi) is 3.18. The van der Waals surface area contributed by atoms with Crippen molar-refractivity contribution in [2.24, 2.45) is 0 Å². The number of halogens is 2. The zero-order valence-corrected chi connectivity index (χ0v) is 10.2. The summed E-state index contributed by atoms with van der Waals surface area (Å²) in [7, 11) is -3.82. The topological polar surface area (TPSA) is 37.4 Å². The minimum absolute atomic E-state index is 0.129. The van der Waals surface area contributed by atoms with Gasteiger partial charge >= 0.3 is 0 Å². The predicted molar refractivity (Wildman–Crippen MR) is 59.1 cm³/mol. The fourth-order valence-corrected chi connectivity index (χ4v) is 3.54. The summed E-state index contributed by atoms with van der Waals surface area (Å²) in [5, 5.41) is 0. The molecule has 2 rings (SSSR count). The Balaban J connectivity index is 2.49. The normalized spacial score (nSPS) is 17.6. The van der Waals surface area contributed by atoms with Crippen molar-refractivity contribution < 1.29 is 17.2 Å². The van der Waals surface area contributed by atoms with Crippen LogP contribution in [0.1, 0.15) is 18.4 Å². The third-order valence-electron chi connectivity index (χ3n) is 2.90. The molecular weight excluding hydrogens is 248 g/mol. The number of sulfonamides is 1. The average Bonchev–Trinajstić information content (AvgIpc) is 2.77. The van der Waals surface area contributed by atoms with E-state index in [-0.39, 0.29) is 5.56 Å². The first-order valence-electron chi connectivity index (χ1n) is 5.39. The van der Waals surface area contributed by atoms with Crippen LogP contribution in [0.3, 0.4) is 0 Å². The van der Waals surface area contributed by atoms with Crippen molar-refractivity contribution in [1.82, 2.24) is 4.31 Å². The SMILES string of the molecule is Cc1cc(S(=O)(=O)N2CCCC2)c(F)cc1F. The van der Waals surface area contributed by atoms with Crippen LogP contribution in [0.25, 0.3) is 0 Å². The van der Waals surface area contributed by atoms with E-state index in [1.165, 1.54) is 11.2 Å². The molecule has 0 aromatic heterocycles. The van der Waals surface area contributed by atoms with Gasteiger partial charge in [-0.2, -0.15) is 4.31 Å². The van der Waals surface area contributed by atoms with Gasteiger partial charge in [0.05, 0.1) is 0 Å². The molecule has 1 aromatic carbocycles. The van der Waals surface area contributed by atoms with Crippen LogP contribution in [0.5, 0.6) is 0 Å². The van der Waals surface area contributed by atoms with Gasteiger partial charge in [0, 0.05) is 19.2 Å². The highest BCUT2D eigenvalue weighted by atomic mass is 32.2. The summed E-state index contributed by atoms with van der Waals surface area (Å²) in [5.41, 5.74) is 0.129. The van der Waals surface area contributed by atoms with Gasteiger partial charge in [0.1, 0.15) is 16.5 Å². The molecule has 1 fully saturated rings. The Hall–Kier alpha value is -1.01. The second-order valence-electron chi connectivity index (χ2n) is 4.14. The van der Waals surface area contributed by atoms with Gasteiger partial charge in [-0.05, 0) is 31.4 Å². The number of hydrogen-bond acceptors (Lipinski definition) is 2. The van der Waals surface area contributed by atoms with Crippen LogP contribution >= 0.6 is 0 Å². The molecule has 0 amide bonds. The van der Waals surface area contributed by atoms with Crippen LogP contribution in [-0.2, 0) is 10.0 Å². The molecule has 3 nitrogen and oxygen atoms in total. The summed E-state index contributed by atoms with van der Waals surface area (Å²) in [6, 6.07) is 1.68. The minimum atomic E-state index is -3.82. The summed E-state index contributed by atoms with van der Waals surface area (Å²) in [6.45, 7) is 2.22. The largest absolute Gasteiger partial charge is 0.245 e. The van der Waals surface area contributed by atoms with Crippen molar-refractivity contribution >= 4 is 10.0 Å². The van der Waals surface area contributed by atoms with Crippen LogP contribution in [0.15, 0.2) is 17.0 Å². The number of rotatable bonds is 2. The van der Waals surface area contributed by atoms with E-state index in [0.717, 1.165) is 18.9 Å². The monoisotopic (exact) mass is 261 g/mol. The van der Waals surface area contributed by atoms with Crippen molar-refractivity contribution in [2.75, 3.05) is 13.1 Å². The van der Waals surface area contributed by atoms with Crippen molar-refractivity contribution in [3.8, 4) is 0 Å². The predicted octanol–water partition coefficient (Wildman–Crippen LogP) is 2.06. The zero-order valence-electron chi connectivity index (χ0n) is 9.41. The van der Waals surface area contributed by atoms with Crippen molar-refractivity contribution in [3.05, 3.63) is 29.3 Å². The molecule has 94 valence electrons. The molecular formula is C11H13F2NO2S. The van der Waals surface area contributed by atoms with Crippen LogP contribution < -0.4 is 0 Å². The lowest BCUT2D eigenvalue weighted by Gasteiger charge is -2.16. The lowest BCUT2D eigenvalue weighted by atomic mass is 10.2. The van der Waals surface area contributed by atoms with Crippen molar-refractivity contribution in [2.45, 2.75) is 24.7 Å². The van der Waals surface area contributed by atoms with E-state index in [1.807, 2.05) is 0 Å². The van der Waals surface area contributed by atoms with Crippen molar-refractivity contribution in [3.63, 3.8) is 0 Å². The highest BCUT2D eigenvalue weighted by Crippen LogP contribution is 2.25. The molecule has 0 unspecified atom stereocenters. The van der Waals surface area contributed by atoms with E-state index in [4.69, 9.17) is 0 Å². The molecule has 0 atom stereocenters. The summed E-state index contributed by atoms with van der Waals surface area (Å²) < 4.78 is 52.0. The first-order valence-corrected chi connectivity index (χ1v) is 6.83. The molecule has 1 saturated heterocycles. The molecule has 0 N–H and O–H groups in total. The van der Waals surface area contributed by atoms with Gasteiger partial charge in [0.2, 0.25) is 10.0 Å². The zero-order chi connectivity index (χ0) is 12.6. The minimum Gasteiger partial charge on any atom is -0.207 e. The molecule has 0 radical (unpaired) electrons. The highest BCUT2D eigenvalue weighted by Gasteiger charge is 2.30. The van der Waals surface area contributed by atoms with Crippen LogP contribution in [0.2, 0.25) is 0 Å². The Morgan fingerprint density at radius 1 is 1.12 bits per heavy atom. The third kappa shape index (κ3) is 2.19.